The maximum atomic E-state index is 13.7. The van der Waals surface area contributed by atoms with Crippen LogP contribution in [-0.2, 0) is 14.8 Å². The van der Waals surface area contributed by atoms with Gasteiger partial charge in [0.15, 0.2) is 11.6 Å². The fourth-order valence-electron chi connectivity index (χ4n) is 2.94. The number of carbonyl (C=O) groups excluding carboxylic acids is 1. The van der Waals surface area contributed by atoms with Gasteiger partial charge in [-0.25, -0.2) is 17.2 Å². The number of halogens is 2. The molecular weight excluding hydrogens is 442 g/mol. The number of hydrogen-bond acceptors (Lipinski definition) is 4. The molecule has 0 heterocycles. The average Bonchev–Trinajstić information content (AvgIpc) is 2.72. The third kappa shape index (κ3) is 5.62. The highest BCUT2D eigenvalue weighted by Gasteiger charge is 2.30. The molecular formula is C22H20F2N2O3S2. The van der Waals surface area contributed by atoms with E-state index in [0.717, 1.165) is 38.6 Å². The summed E-state index contributed by atoms with van der Waals surface area (Å²) in [5.41, 5.74) is 0.364. The number of carbonyl (C=O) groups is 1. The molecule has 1 atom stereocenters. The van der Waals surface area contributed by atoms with Crippen LogP contribution in [0.2, 0.25) is 0 Å². The zero-order valence-electron chi connectivity index (χ0n) is 16.7. The Morgan fingerprint density at radius 3 is 2.26 bits per heavy atom. The number of rotatable bonds is 7. The highest BCUT2D eigenvalue weighted by atomic mass is 32.2. The quantitative estimate of drug-likeness (QED) is 0.542. The Labute approximate surface area is 184 Å². The van der Waals surface area contributed by atoms with Crippen LogP contribution in [0.5, 0.6) is 0 Å². The normalized spacial score (nSPS) is 12.3. The largest absolute Gasteiger partial charge is 0.323 e. The van der Waals surface area contributed by atoms with Gasteiger partial charge in [0.1, 0.15) is 6.04 Å². The lowest BCUT2D eigenvalue weighted by molar-refractivity contribution is -0.116. The van der Waals surface area contributed by atoms with Gasteiger partial charge in [0, 0.05) is 15.9 Å². The fourth-order valence-corrected chi connectivity index (χ4v) is 5.03. The van der Waals surface area contributed by atoms with E-state index in [9.17, 15) is 22.0 Å². The Balaban J connectivity index is 1.87. The number of amides is 1. The van der Waals surface area contributed by atoms with Gasteiger partial charge in [-0.15, -0.1) is 0 Å². The molecule has 1 amide bonds. The Morgan fingerprint density at radius 1 is 0.968 bits per heavy atom. The topological polar surface area (TPSA) is 66.5 Å². The molecule has 0 saturated carbocycles. The summed E-state index contributed by atoms with van der Waals surface area (Å²) < 4.78 is 52.5. The molecule has 0 fully saturated rings. The number of sulfonamides is 1. The van der Waals surface area contributed by atoms with Gasteiger partial charge in [-0.3, -0.25) is 9.10 Å². The Hall–Kier alpha value is -2.91. The first kappa shape index (κ1) is 22.8. The summed E-state index contributed by atoms with van der Waals surface area (Å²) in [5, 5.41) is 2.75. The third-order valence-electron chi connectivity index (χ3n) is 4.36. The smallest absolute Gasteiger partial charge is 0.248 e. The van der Waals surface area contributed by atoms with Crippen LogP contribution in [0.3, 0.4) is 0 Å². The van der Waals surface area contributed by atoms with Crippen LogP contribution < -0.4 is 9.62 Å². The summed E-state index contributed by atoms with van der Waals surface area (Å²) in [6.07, 6.45) is 0.900. The molecule has 0 spiro atoms. The van der Waals surface area contributed by atoms with E-state index in [4.69, 9.17) is 0 Å². The molecule has 9 heteroatoms. The number of nitrogens with one attached hydrogen (secondary N) is 1. The zero-order chi connectivity index (χ0) is 22.6. The van der Waals surface area contributed by atoms with E-state index in [-0.39, 0.29) is 5.69 Å². The molecule has 3 rings (SSSR count). The Kier molecular flexibility index (Phi) is 6.97. The van der Waals surface area contributed by atoms with Crippen molar-refractivity contribution >= 4 is 39.1 Å². The maximum Gasteiger partial charge on any atom is 0.248 e. The van der Waals surface area contributed by atoms with E-state index in [1.165, 1.54) is 18.7 Å². The fraction of sp³-hybridized carbons (Fsp3) is 0.136. The summed E-state index contributed by atoms with van der Waals surface area (Å²) >= 11 is 1.44. The summed E-state index contributed by atoms with van der Waals surface area (Å²) in [4.78, 5) is 14.7. The number of anilines is 2. The molecule has 0 aliphatic rings. The van der Waals surface area contributed by atoms with E-state index in [1.54, 1.807) is 12.1 Å². The molecule has 0 bridgehead atoms. The molecule has 0 aromatic heterocycles. The SMILES string of the molecule is C[C@@H](C(=O)Nc1ccccc1Sc1ccccc1)N(c1ccc(F)c(F)c1)S(C)(=O)=O. The van der Waals surface area contributed by atoms with Crippen LogP contribution in [0.1, 0.15) is 6.92 Å². The minimum absolute atomic E-state index is 0.143. The minimum Gasteiger partial charge on any atom is -0.323 e. The van der Waals surface area contributed by atoms with Gasteiger partial charge in [0.2, 0.25) is 15.9 Å². The highest BCUT2D eigenvalue weighted by molar-refractivity contribution is 7.99. The Bertz CT molecular complexity index is 1190. The van der Waals surface area contributed by atoms with E-state index >= 15 is 0 Å². The van der Waals surface area contributed by atoms with Crippen LogP contribution in [-0.4, -0.2) is 26.6 Å². The van der Waals surface area contributed by atoms with Crippen LogP contribution >= 0.6 is 11.8 Å². The van der Waals surface area contributed by atoms with E-state index in [1.807, 2.05) is 42.5 Å². The van der Waals surface area contributed by atoms with Crippen LogP contribution in [0.4, 0.5) is 20.2 Å². The van der Waals surface area contributed by atoms with Crippen LogP contribution in [0.25, 0.3) is 0 Å². The molecule has 0 aliphatic carbocycles. The van der Waals surface area contributed by atoms with Gasteiger partial charge in [-0.1, -0.05) is 42.1 Å². The van der Waals surface area contributed by atoms with Crippen molar-refractivity contribution in [2.45, 2.75) is 22.8 Å². The summed E-state index contributed by atoms with van der Waals surface area (Å²) in [7, 11) is -3.96. The molecule has 1 N–H and O–H groups in total. The number of benzene rings is 3. The second-order valence-electron chi connectivity index (χ2n) is 6.73. The molecule has 0 unspecified atom stereocenters. The van der Waals surface area contributed by atoms with Crippen molar-refractivity contribution < 1.29 is 22.0 Å². The lowest BCUT2D eigenvalue weighted by Crippen LogP contribution is -2.45. The number of para-hydroxylation sites is 1. The van der Waals surface area contributed by atoms with E-state index < -0.39 is 33.6 Å². The Morgan fingerprint density at radius 2 is 1.61 bits per heavy atom. The van der Waals surface area contributed by atoms with Crippen molar-refractivity contribution in [2.75, 3.05) is 15.9 Å². The molecule has 0 radical (unpaired) electrons. The molecule has 3 aromatic carbocycles. The van der Waals surface area contributed by atoms with Gasteiger partial charge in [0.05, 0.1) is 17.6 Å². The van der Waals surface area contributed by atoms with Crippen molar-refractivity contribution in [2.24, 2.45) is 0 Å². The molecule has 5 nitrogen and oxygen atoms in total. The maximum absolute atomic E-state index is 13.7. The van der Waals surface area contributed by atoms with Crippen molar-refractivity contribution in [1.29, 1.82) is 0 Å². The molecule has 31 heavy (non-hydrogen) atoms. The number of hydrogen-bond donors (Lipinski definition) is 1. The second-order valence-corrected chi connectivity index (χ2v) is 9.71. The molecule has 0 saturated heterocycles. The van der Waals surface area contributed by atoms with Gasteiger partial charge in [-0.05, 0) is 43.3 Å². The molecule has 162 valence electrons. The predicted octanol–water partition coefficient (Wildman–Crippen LogP) is 4.91. The van der Waals surface area contributed by atoms with Crippen LogP contribution in [0, 0.1) is 11.6 Å². The third-order valence-corrected chi connectivity index (χ3v) is 6.69. The first-order chi connectivity index (χ1) is 14.7. The standard InChI is InChI=1S/C22H20F2N2O3S2/c1-15(26(31(2,28)29)16-12-13-18(23)19(24)14-16)22(27)25-20-10-6-7-11-21(20)30-17-8-4-3-5-9-17/h3-15H,1-2H3,(H,25,27)/t15-/m0/s1. The first-order valence-corrected chi connectivity index (χ1v) is 11.9. The zero-order valence-corrected chi connectivity index (χ0v) is 18.4. The van der Waals surface area contributed by atoms with Crippen molar-refractivity contribution in [3.63, 3.8) is 0 Å². The molecule has 0 aliphatic heterocycles. The highest BCUT2D eigenvalue weighted by Crippen LogP contribution is 2.33. The van der Waals surface area contributed by atoms with Crippen molar-refractivity contribution in [3.8, 4) is 0 Å². The van der Waals surface area contributed by atoms with Crippen LogP contribution in [0.15, 0.2) is 82.6 Å². The lowest BCUT2D eigenvalue weighted by Gasteiger charge is -2.28. The monoisotopic (exact) mass is 462 g/mol. The summed E-state index contributed by atoms with van der Waals surface area (Å²) in [6, 6.07) is 18.1. The predicted molar refractivity (Wildman–Crippen MR) is 119 cm³/mol. The molecule has 3 aromatic rings. The van der Waals surface area contributed by atoms with Gasteiger partial charge in [0.25, 0.3) is 0 Å². The summed E-state index contributed by atoms with van der Waals surface area (Å²) in [5.74, 6) is -2.93. The minimum atomic E-state index is -3.96. The number of nitrogens with zero attached hydrogens (tertiary/aromatic N) is 1. The average molecular weight is 463 g/mol. The van der Waals surface area contributed by atoms with Gasteiger partial charge in [-0.2, -0.15) is 0 Å². The van der Waals surface area contributed by atoms with Crippen molar-refractivity contribution in [3.05, 3.63) is 84.4 Å². The second kappa shape index (κ2) is 9.49. The van der Waals surface area contributed by atoms with E-state index in [0.29, 0.717) is 5.69 Å². The van der Waals surface area contributed by atoms with Gasteiger partial charge >= 0.3 is 0 Å². The van der Waals surface area contributed by atoms with E-state index in [2.05, 4.69) is 5.32 Å². The van der Waals surface area contributed by atoms with Gasteiger partial charge < -0.3 is 5.32 Å². The van der Waals surface area contributed by atoms with Crippen molar-refractivity contribution in [1.82, 2.24) is 0 Å². The first-order valence-electron chi connectivity index (χ1n) is 9.24. The summed E-state index contributed by atoms with van der Waals surface area (Å²) in [6.45, 7) is 1.38. The lowest BCUT2D eigenvalue weighted by atomic mass is 10.2.